The number of carbonyl (C=O) groups excluding carboxylic acids is 4. The van der Waals surface area contributed by atoms with Gasteiger partial charge in [-0.1, -0.05) is 394 Å². The fourth-order valence-electron chi connectivity index (χ4n) is 12.9. The number of esters is 4. The van der Waals surface area contributed by atoms with E-state index in [-0.39, 0.29) is 25.7 Å². The van der Waals surface area contributed by atoms with Crippen LogP contribution in [0.4, 0.5) is 0 Å². The Hall–Kier alpha value is -1.94. The first-order valence-electron chi connectivity index (χ1n) is 43.1. The van der Waals surface area contributed by atoms with Gasteiger partial charge in [-0.05, 0) is 31.6 Å². The Labute approximate surface area is 626 Å². The summed E-state index contributed by atoms with van der Waals surface area (Å²) in [5.41, 5.74) is 0. The molecule has 0 aromatic carbocycles. The van der Waals surface area contributed by atoms with Gasteiger partial charge in [0.2, 0.25) is 0 Å². The number of rotatable bonds is 83. The largest absolute Gasteiger partial charge is 0.472 e. The van der Waals surface area contributed by atoms with Crippen molar-refractivity contribution in [3.05, 3.63) is 0 Å². The zero-order valence-electron chi connectivity index (χ0n) is 66.8. The van der Waals surface area contributed by atoms with Crippen LogP contribution in [0.2, 0.25) is 0 Å². The second kappa shape index (κ2) is 75.9. The van der Waals surface area contributed by atoms with E-state index in [4.69, 9.17) is 37.0 Å². The average Bonchev–Trinajstić information content (AvgIpc) is 0.910. The number of hydrogen-bond donors (Lipinski definition) is 3. The number of phosphoric ester groups is 2. The molecule has 0 saturated carbocycles. The summed E-state index contributed by atoms with van der Waals surface area (Å²) in [6.07, 6.45) is 67.9. The van der Waals surface area contributed by atoms with Gasteiger partial charge in [0, 0.05) is 25.7 Å². The molecule has 0 rings (SSSR count). The normalized spacial score (nSPS) is 13.8. The highest BCUT2D eigenvalue weighted by atomic mass is 31.2. The second-order valence-electron chi connectivity index (χ2n) is 30.3. The lowest BCUT2D eigenvalue weighted by Crippen LogP contribution is -2.30. The molecule has 0 radical (unpaired) electrons. The lowest BCUT2D eigenvalue weighted by Gasteiger charge is -2.21. The van der Waals surface area contributed by atoms with Crippen molar-refractivity contribution < 1.29 is 80.2 Å². The molecule has 0 aromatic rings. The van der Waals surface area contributed by atoms with Crippen molar-refractivity contribution in [1.82, 2.24) is 0 Å². The molecule has 2 unspecified atom stereocenters. The molecule has 5 atom stereocenters. The summed E-state index contributed by atoms with van der Waals surface area (Å²) >= 11 is 0. The molecule has 606 valence electrons. The van der Waals surface area contributed by atoms with Crippen LogP contribution in [0, 0.1) is 5.92 Å². The monoisotopic (exact) mass is 1490 g/mol. The minimum Gasteiger partial charge on any atom is -0.462 e. The molecule has 0 bridgehead atoms. The zero-order chi connectivity index (χ0) is 74.8. The number of phosphoric acid groups is 2. The lowest BCUT2D eigenvalue weighted by atomic mass is 10.0. The maximum Gasteiger partial charge on any atom is 0.472 e. The van der Waals surface area contributed by atoms with Crippen LogP contribution in [0.1, 0.15) is 446 Å². The van der Waals surface area contributed by atoms with Gasteiger partial charge in [-0.3, -0.25) is 37.3 Å². The molecule has 3 N–H and O–H groups in total. The van der Waals surface area contributed by atoms with Gasteiger partial charge in [0.25, 0.3) is 0 Å². The summed E-state index contributed by atoms with van der Waals surface area (Å²) in [4.78, 5) is 73.1. The standard InChI is InChI=1S/C83H162O17P2/c1-6-9-12-15-18-21-24-27-29-31-32-33-34-36-38-43-48-53-58-63-68-82(87)99-78(73-94-81(86)67-62-57-52-47-42-37-35-30-28-25-22-19-16-13-10-7-2)74-97-101(89,90)95-70-77(84)71-96-102(91,92)98-75-79(72-93-80(85)66-61-56-51-46-41-26-23-20-17-14-11-8-3)100-83(88)69-64-59-54-49-44-39-40-45-50-55-60-65-76(4)5/h76-79,84H,6-75H2,1-5H3,(H,89,90)(H,91,92)/t77-,78-,79-/m1/s1. The van der Waals surface area contributed by atoms with Crippen LogP contribution in [-0.2, 0) is 65.4 Å². The number of aliphatic hydroxyl groups excluding tert-OH is 1. The summed E-state index contributed by atoms with van der Waals surface area (Å²) in [5, 5.41) is 10.7. The van der Waals surface area contributed by atoms with Crippen molar-refractivity contribution in [3.63, 3.8) is 0 Å². The van der Waals surface area contributed by atoms with Crippen LogP contribution in [0.5, 0.6) is 0 Å². The summed E-state index contributed by atoms with van der Waals surface area (Å²) in [5.74, 6) is -1.34. The fourth-order valence-corrected chi connectivity index (χ4v) is 14.5. The topological polar surface area (TPSA) is 237 Å². The predicted molar refractivity (Wildman–Crippen MR) is 418 cm³/mol. The fraction of sp³-hybridized carbons (Fsp3) is 0.952. The average molecular weight is 1490 g/mol. The Morgan fingerprint density at radius 2 is 0.451 bits per heavy atom. The van der Waals surface area contributed by atoms with Gasteiger partial charge in [-0.25, -0.2) is 9.13 Å². The molecule has 0 aliphatic carbocycles. The Morgan fingerprint density at radius 1 is 0.265 bits per heavy atom. The maximum atomic E-state index is 13.1. The molecule has 102 heavy (non-hydrogen) atoms. The van der Waals surface area contributed by atoms with Gasteiger partial charge in [-0.15, -0.1) is 0 Å². The van der Waals surface area contributed by atoms with Crippen molar-refractivity contribution in [3.8, 4) is 0 Å². The molecule has 0 amide bonds. The molecule has 0 fully saturated rings. The predicted octanol–water partition coefficient (Wildman–Crippen LogP) is 25.2. The minimum absolute atomic E-state index is 0.107. The molecule has 0 aromatic heterocycles. The first-order valence-corrected chi connectivity index (χ1v) is 46.1. The van der Waals surface area contributed by atoms with Gasteiger partial charge in [0.05, 0.1) is 26.4 Å². The molecule has 0 saturated heterocycles. The number of aliphatic hydroxyl groups is 1. The highest BCUT2D eigenvalue weighted by Gasteiger charge is 2.30. The van der Waals surface area contributed by atoms with Gasteiger partial charge in [0.1, 0.15) is 19.3 Å². The highest BCUT2D eigenvalue weighted by Crippen LogP contribution is 2.45. The van der Waals surface area contributed by atoms with E-state index < -0.39 is 97.5 Å². The summed E-state index contributed by atoms with van der Waals surface area (Å²) in [7, 11) is -9.92. The van der Waals surface area contributed by atoms with E-state index >= 15 is 0 Å². The van der Waals surface area contributed by atoms with E-state index in [1.807, 2.05) is 0 Å². The molecule has 0 aliphatic rings. The quantitative estimate of drug-likeness (QED) is 0.0222. The zero-order valence-corrected chi connectivity index (χ0v) is 68.5. The van der Waals surface area contributed by atoms with E-state index in [9.17, 15) is 43.2 Å². The van der Waals surface area contributed by atoms with Gasteiger partial charge in [-0.2, -0.15) is 0 Å². The molecular weight excluding hydrogens is 1330 g/mol. The Kier molecular flexibility index (Phi) is 74.4. The molecule has 0 heterocycles. The lowest BCUT2D eigenvalue weighted by molar-refractivity contribution is -0.161. The van der Waals surface area contributed by atoms with Gasteiger partial charge in [0.15, 0.2) is 12.2 Å². The first kappa shape index (κ1) is 100. The third-order valence-electron chi connectivity index (χ3n) is 19.5. The van der Waals surface area contributed by atoms with Crippen LogP contribution in [0.25, 0.3) is 0 Å². The molecule has 17 nitrogen and oxygen atoms in total. The molecule has 0 aliphatic heterocycles. The smallest absolute Gasteiger partial charge is 0.462 e. The Bertz CT molecular complexity index is 1940. The van der Waals surface area contributed by atoms with Crippen molar-refractivity contribution in [2.75, 3.05) is 39.6 Å². The summed E-state index contributed by atoms with van der Waals surface area (Å²) in [6.45, 7) is 7.35. The van der Waals surface area contributed by atoms with Crippen molar-refractivity contribution in [1.29, 1.82) is 0 Å². The SMILES string of the molecule is CCCCCCCCCCCCCCCCCCCCCCC(=O)O[C@H](COC(=O)CCCCCCCCCCCCCCCCCC)COP(=O)(O)OC[C@@H](O)COP(=O)(O)OC[C@@H](COC(=O)CCCCCCCCCCCCCC)OC(=O)CCCCCCCCCCCCCC(C)C. The van der Waals surface area contributed by atoms with E-state index in [1.165, 1.54) is 270 Å². The van der Waals surface area contributed by atoms with Crippen LogP contribution < -0.4 is 0 Å². The third-order valence-corrected chi connectivity index (χ3v) is 21.4. The van der Waals surface area contributed by atoms with E-state index in [1.54, 1.807) is 0 Å². The second-order valence-corrected chi connectivity index (χ2v) is 33.3. The summed E-state index contributed by atoms with van der Waals surface area (Å²) < 4.78 is 68.8. The van der Waals surface area contributed by atoms with E-state index in [0.29, 0.717) is 25.7 Å². The number of hydrogen-bond acceptors (Lipinski definition) is 15. The number of ether oxygens (including phenoxy) is 4. The van der Waals surface area contributed by atoms with Crippen LogP contribution >= 0.6 is 15.6 Å². The van der Waals surface area contributed by atoms with Gasteiger partial charge < -0.3 is 33.8 Å². The Balaban J connectivity index is 5.25. The van der Waals surface area contributed by atoms with Gasteiger partial charge >= 0.3 is 39.5 Å². The van der Waals surface area contributed by atoms with Crippen molar-refractivity contribution in [2.45, 2.75) is 464 Å². The number of unbranched alkanes of at least 4 members (excludes halogenated alkanes) is 55. The van der Waals surface area contributed by atoms with E-state index in [0.717, 1.165) is 95.8 Å². The van der Waals surface area contributed by atoms with Crippen molar-refractivity contribution in [2.24, 2.45) is 5.92 Å². The van der Waals surface area contributed by atoms with Crippen LogP contribution in [-0.4, -0.2) is 96.7 Å². The van der Waals surface area contributed by atoms with Crippen LogP contribution in [0.15, 0.2) is 0 Å². The minimum atomic E-state index is -4.96. The number of carbonyl (C=O) groups is 4. The summed E-state index contributed by atoms with van der Waals surface area (Å²) in [6, 6.07) is 0. The highest BCUT2D eigenvalue weighted by molar-refractivity contribution is 7.47. The Morgan fingerprint density at radius 3 is 0.667 bits per heavy atom. The maximum absolute atomic E-state index is 13.1. The molecule has 0 spiro atoms. The van der Waals surface area contributed by atoms with E-state index in [2.05, 4.69) is 34.6 Å². The first-order chi connectivity index (χ1) is 49.5. The van der Waals surface area contributed by atoms with Crippen LogP contribution in [0.3, 0.4) is 0 Å². The third kappa shape index (κ3) is 76.3. The van der Waals surface area contributed by atoms with Crippen molar-refractivity contribution >= 4 is 39.5 Å². The molecule has 19 heteroatoms. The molecular formula is C83H162O17P2.